The van der Waals surface area contributed by atoms with Gasteiger partial charge in [0, 0.05) is 11.1 Å². The van der Waals surface area contributed by atoms with E-state index in [0.717, 1.165) is 6.07 Å². The second-order valence-electron chi connectivity index (χ2n) is 6.81. The molecule has 0 unspecified atom stereocenters. The van der Waals surface area contributed by atoms with Gasteiger partial charge in [-0.15, -0.1) is 0 Å². The maximum absolute atomic E-state index is 12.4. The van der Waals surface area contributed by atoms with Gasteiger partial charge in [-0.05, 0) is 45.0 Å². The minimum Gasteiger partial charge on any atom is -0.444 e. The van der Waals surface area contributed by atoms with E-state index >= 15 is 0 Å². The van der Waals surface area contributed by atoms with Crippen LogP contribution < -0.4 is 10.6 Å². The van der Waals surface area contributed by atoms with Gasteiger partial charge in [0.25, 0.3) is 11.6 Å². The average Bonchev–Trinajstić information content (AvgIpc) is 2.60. The number of nitro groups is 1. The molecule has 0 aliphatic carbocycles. The van der Waals surface area contributed by atoms with Gasteiger partial charge in [0.1, 0.15) is 16.9 Å². The number of benzene rings is 1. The van der Waals surface area contributed by atoms with Gasteiger partial charge in [0.05, 0.1) is 16.8 Å². The number of alkyl carbamates (subject to hydrolysis) is 1. The predicted molar refractivity (Wildman–Crippen MR) is 106 cm³/mol. The molecule has 1 aromatic carbocycles. The smallest absolute Gasteiger partial charge is 0.413 e. The topological polar surface area (TPSA) is 147 Å². The molecule has 2 amide bonds. The number of pyridine rings is 1. The number of amidine groups is 1. The van der Waals surface area contributed by atoms with Crippen molar-refractivity contribution in [1.82, 2.24) is 10.3 Å². The van der Waals surface area contributed by atoms with Gasteiger partial charge in [-0.25, -0.2) is 4.79 Å². The Morgan fingerprint density at radius 2 is 1.93 bits per heavy atom. The third kappa shape index (κ3) is 6.25. The van der Waals surface area contributed by atoms with Gasteiger partial charge in [0.15, 0.2) is 5.84 Å². The van der Waals surface area contributed by atoms with Crippen molar-refractivity contribution in [3.8, 4) is 0 Å². The van der Waals surface area contributed by atoms with Crippen LogP contribution in [0.1, 0.15) is 36.8 Å². The number of anilines is 1. The number of halogens is 1. The van der Waals surface area contributed by atoms with Crippen molar-refractivity contribution in [1.29, 1.82) is 5.41 Å². The van der Waals surface area contributed by atoms with Crippen molar-refractivity contribution < 1.29 is 19.2 Å². The third-order valence-electron chi connectivity index (χ3n) is 3.30. The number of rotatable bonds is 4. The number of hydrogen-bond donors (Lipinski definition) is 3. The number of hydrogen-bond acceptors (Lipinski definition) is 7. The Hall–Kier alpha value is -3.53. The Morgan fingerprint density at radius 1 is 1.24 bits per heavy atom. The summed E-state index contributed by atoms with van der Waals surface area (Å²) in [6, 6.07) is 6.47. The molecule has 29 heavy (non-hydrogen) atoms. The molecule has 1 heterocycles. The highest BCUT2D eigenvalue weighted by atomic mass is 35.5. The Kier molecular flexibility index (Phi) is 6.49. The average molecular weight is 420 g/mol. The Balaban J connectivity index is 2.09. The van der Waals surface area contributed by atoms with Crippen LogP contribution in [0.3, 0.4) is 0 Å². The van der Waals surface area contributed by atoms with E-state index < -0.39 is 22.5 Å². The molecule has 0 spiro atoms. The van der Waals surface area contributed by atoms with Crippen molar-refractivity contribution >= 4 is 40.8 Å². The highest BCUT2D eigenvalue weighted by Crippen LogP contribution is 2.23. The van der Waals surface area contributed by atoms with Gasteiger partial charge in [-0.3, -0.25) is 30.6 Å². The number of nitrogens with zero attached hydrogens (tertiary/aromatic N) is 2. The number of carbonyl (C=O) groups excluding carboxylic acids is 2. The fourth-order valence-corrected chi connectivity index (χ4v) is 2.31. The molecule has 0 aliphatic heterocycles. The molecule has 1 aromatic heterocycles. The van der Waals surface area contributed by atoms with Crippen LogP contribution in [0, 0.1) is 15.5 Å². The predicted octanol–water partition coefficient (Wildman–Crippen LogP) is 3.75. The van der Waals surface area contributed by atoms with Crippen molar-refractivity contribution in [2.24, 2.45) is 0 Å². The maximum atomic E-state index is 12.4. The number of ether oxygens (including phenoxy) is 1. The Bertz CT molecular complexity index is 970. The van der Waals surface area contributed by atoms with E-state index in [2.05, 4.69) is 15.6 Å². The summed E-state index contributed by atoms with van der Waals surface area (Å²) in [6.07, 6.45) is 0.449. The largest absolute Gasteiger partial charge is 0.444 e. The molecule has 3 N–H and O–H groups in total. The molecule has 0 bridgehead atoms. The van der Waals surface area contributed by atoms with Gasteiger partial charge in [-0.2, -0.15) is 0 Å². The molecule has 2 rings (SSSR count). The van der Waals surface area contributed by atoms with Crippen LogP contribution in [0.25, 0.3) is 0 Å². The zero-order chi connectivity index (χ0) is 21.8. The second kappa shape index (κ2) is 8.65. The Labute approximate surface area is 170 Å². The van der Waals surface area contributed by atoms with Crippen LogP contribution in [0.2, 0.25) is 5.02 Å². The molecule has 0 radical (unpaired) electrons. The molecule has 11 heteroatoms. The molecule has 0 atom stereocenters. The van der Waals surface area contributed by atoms with Crippen LogP contribution in [0.5, 0.6) is 0 Å². The highest BCUT2D eigenvalue weighted by Gasteiger charge is 2.21. The SMILES string of the molecule is CC(C)(C)OC(=O)NC(=N)c1ccc(NC(=O)c2cc(Cl)ccc2[N+](=O)[O-])cn1. The molecule has 152 valence electrons. The second-order valence-corrected chi connectivity index (χ2v) is 7.24. The van der Waals surface area contributed by atoms with E-state index in [1.54, 1.807) is 20.8 Å². The fourth-order valence-electron chi connectivity index (χ4n) is 2.13. The minimum atomic E-state index is -0.796. The van der Waals surface area contributed by atoms with Gasteiger partial charge in [-0.1, -0.05) is 11.6 Å². The summed E-state index contributed by atoms with van der Waals surface area (Å²) in [5, 5.41) is 23.8. The van der Waals surface area contributed by atoms with E-state index in [-0.39, 0.29) is 33.5 Å². The third-order valence-corrected chi connectivity index (χ3v) is 3.54. The lowest BCUT2D eigenvalue weighted by atomic mass is 10.1. The lowest BCUT2D eigenvalue weighted by Gasteiger charge is -2.19. The molecule has 10 nitrogen and oxygen atoms in total. The summed E-state index contributed by atoms with van der Waals surface area (Å²) < 4.78 is 5.05. The van der Waals surface area contributed by atoms with Crippen LogP contribution >= 0.6 is 11.6 Å². The summed E-state index contributed by atoms with van der Waals surface area (Å²) in [6.45, 7) is 5.07. The summed E-state index contributed by atoms with van der Waals surface area (Å²) in [4.78, 5) is 38.5. The first-order valence-electron chi connectivity index (χ1n) is 8.26. The highest BCUT2D eigenvalue weighted by molar-refractivity contribution is 6.31. The first-order valence-corrected chi connectivity index (χ1v) is 8.64. The van der Waals surface area contributed by atoms with Crippen molar-refractivity contribution in [3.05, 3.63) is 62.9 Å². The maximum Gasteiger partial charge on any atom is 0.413 e. The normalized spacial score (nSPS) is 10.8. The number of carbonyl (C=O) groups is 2. The van der Waals surface area contributed by atoms with Crippen molar-refractivity contribution in [2.75, 3.05) is 5.32 Å². The van der Waals surface area contributed by atoms with Gasteiger partial charge < -0.3 is 10.1 Å². The number of amides is 2. The molecular formula is C18H18ClN5O5. The van der Waals surface area contributed by atoms with E-state index in [1.807, 2.05) is 0 Å². The number of aromatic nitrogens is 1. The summed E-state index contributed by atoms with van der Waals surface area (Å²) in [7, 11) is 0. The standard InChI is InChI=1S/C18H18ClN5O5/c1-18(2,3)29-17(26)23-15(20)13-6-5-11(9-21-13)22-16(25)12-8-10(19)4-7-14(12)24(27)28/h4-9H,1-3H3,(H,22,25)(H2,20,23,26). The van der Waals surface area contributed by atoms with E-state index in [4.69, 9.17) is 21.7 Å². The monoisotopic (exact) mass is 419 g/mol. The minimum absolute atomic E-state index is 0.127. The Morgan fingerprint density at radius 3 is 2.48 bits per heavy atom. The molecule has 0 fully saturated rings. The molecule has 0 aliphatic rings. The number of nitro benzene ring substituents is 1. The lowest BCUT2D eigenvalue weighted by molar-refractivity contribution is -0.385. The van der Waals surface area contributed by atoms with Crippen LogP contribution in [-0.2, 0) is 4.74 Å². The van der Waals surface area contributed by atoms with Crippen LogP contribution in [0.4, 0.5) is 16.2 Å². The molecule has 2 aromatic rings. The number of nitrogens with one attached hydrogen (secondary N) is 3. The van der Waals surface area contributed by atoms with Gasteiger partial charge >= 0.3 is 6.09 Å². The first kappa shape index (κ1) is 21.8. The quantitative estimate of drug-likeness (QED) is 0.297. The molecule has 0 saturated heterocycles. The van der Waals surface area contributed by atoms with Crippen LogP contribution in [0.15, 0.2) is 36.5 Å². The summed E-state index contributed by atoms with van der Waals surface area (Å²) >= 11 is 5.82. The molecular weight excluding hydrogens is 402 g/mol. The first-order chi connectivity index (χ1) is 13.5. The van der Waals surface area contributed by atoms with E-state index in [1.165, 1.54) is 30.5 Å². The summed E-state index contributed by atoms with van der Waals surface area (Å²) in [5.41, 5.74) is -0.944. The zero-order valence-electron chi connectivity index (χ0n) is 15.8. The lowest BCUT2D eigenvalue weighted by Crippen LogP contribution is -2.36. The summed E-state index contributed by atoms with van der Waals surface area (Å²) in [5.74, 6) is -1.03. The van der Waals surface area contributed by atoms with Crippen molar-refractivity contribution in [2.45, 2.75) is 26.4 Å². The van der Waals surface area contributed by atoms with Gasteiger partial charge in [0.2, 0.25) is 0 Å². The fraction of sp³-hybridized carbons (Fsp3) is 0.222. The molecule has 0 saturated carbocycles. The van der Waals surface area contributed by atoms with Crippen molar-refractivity contribution in [3.63, 3.8) is 0 Å². The van der Waals surface area contributed by atoms with E-state index in [9.17, 15) is 19.7 Å². The van der Waals surface area contributed by atoms with E-state index in [0.29, 0.717) is 0 Å². The van der Waals surface area contributed by atoms with Crippen LogP contribution in [-0.4, -0.2) is 33.3 Å². The zero-order valence-corrected chi connectivity index (χ0v) is 16.5.